The first-order chi connectivity index (χ1) is 6.62. The second-order valence-electron chi connectivity index (χ2n) is 4.78. The lowest BCUT2D eigenvalue weighted by molar-refractivity contribution is -0.143. The molecule has 3 rings (SSSR count). The van der Waals surface area contributed by atoms with E-state index < -0.39 is 11.5 Å². The van der Waals surface area contributed by atoms with E-state index >= 15 is 0 Å². The highest BCUT2D eigenvalue weighted by Crippen LogP contribution is 2.53. The van der Waals surface area contributed by atoms with Crippen molar-refractivity contribution in [2.75, 3.05) is 0 Å². The van der Waals surface area contributed by atoms with Crippen LogP contribution >= 0.6 is 0 Å². The molecule has 3 aliphatic rings. The van der Waals surface area contributed by atoms with Crippen LogP contribution in [0.15, 0.2) is 11.6 Å². The fourth-order valence-corrected chi connectivity index (χ4v) is 3.30. The Balaban J connectivity index is 2.11. The molecule has 1 N–H and O–H groups in total. The van der Waals surface area contributed by atoms with Gasteiger partial charge in [-0.15, -0.1) is 0 Å². The lowest BCUT2D eigenvalue weighted by Crippen LogP contribution is -2.47. The summed E-state index contributed by atoms with van der Waals surface area (Å²) >= 11 is 0. The summed E-state index contributed by atoms with van der Waals surface area (Å²) in [6, 6.07) is 0. The molecule has 0 aromatic heterocycles. The summed E-state index contributed by atoms with van der Waals surface area (Å²) in [5.41, 5.74) is 0.334. The summed E-state index contributed by atoms with van der Waals surface area (Å²) < 4.78 is 5.22. The minimum absolute atomic E-state index is 0.231. The lowest BCUT2D eigenvalue weighted by Gasteiger charge is -2.35. The lowest BCUT2D eigenvalue weighted by atomic mass is 9.72. The maximum atomic E-state index is 11.5. The smallest absolute Gasteiger partial charge is 0.316 e. The van der Waals surface area contributed by atoms with Crippen LogP contribution in [0.25, 0.3) is 0 Å². The van der Waals surface area contributed by atoms with Crippen LogP contribution in [0, 0.1) is 11.8 Å². The Morgan fingerprint density at radius 3 is 3.14 bits per heavy atom. The van der Waals surface area contributed by atoms with Crippen molar-refractivity contribution in [2.24, 2.45) is 11.8 Å². The molecular formula is C11H14O3. The number of aliphatic hydroxyl groups is 1. The second kappa shape index (κ2) is 2.40. The third kappa shape index (κ3) is 0.793. The molecule has 3 heteroatoms. The van der Waals surface area contributed by atoms with E-state index in [-0.39, 0.29) is 18.0 Å². The van der Waals surface area contributed by atoms with Crippen LogP contribution in [-0.2, 0) is 9.53 Å². The van der Waals surface area contributed by atoms with Gasteiger partial charge in [0.1, 0.15) is 17.6 Å². The molecule has 1 heterocycles. The standard InChI is InChI=1S/C11H14O3/c1-6-4-7-2-3-9-11(7,13)8(5-6)10(12)14-9/h5,7-9,13H,2-4H2,1H3/t7?,8?,9?,11-/m0/s1. The van der Waals surface area contributed by atoms with Gasteiger partial charge in [-0.3, -0.25) is 4.79 Å². The van der Waals surface area contributed by atoms with Gasteiger partial charge in [-0.2, -0.15) is 0 Å². The minimum atomic E-state index is -0.878. The number of allylic oxidation sites excluding steroid dienone is 1. The van der Waals surface area contributed by atoms with Crippen LogP contribution < -0.4 is 0 Å². The highest BCUT2D eigenvalue weighted by Gasteiger charge is 2.63. The van der Waals surface area contributed by atoms with Crippen molar-refractivity contribution in [1.82, 2.24) is 0 Å². The summed E-state index contributed by atoms with van der Waals surface area (Å²) in [6.45, 7) is 2.03. The molecule has 0 aromatic carbocycles. The molecule has 14 heavy (non-hydrogen) atoms. The summed E-state index contributed by atoms with van der Waals surface area (Å²) in [6.07, 6.45) is 4.37. The number of hydrogen-bond acceptors (Lipinski definition) is 3. The fourth-order valence-electron chi connectivity index (χ4n) is 3.30. The summed E-state index contributed by atoms with van der Waals surface area (Å²) in [4.78, 5) is 11.5. The largest absolute Gasteiger partial charge is 0.459 e. The Morgan fingerprint density at radius 1 is 1.57 bits per heavy atom. The molecule has 3 unspecified atom stereocenters. The van der Waals surface area contributed by atoms with Gasteiger partial charge in [-0.05, 0) is 32.1 Å². The van der Waals surface area contributed by atoms with E-state index in [2.05, 4.69) is 0 Å². The summed E-state index contributed by atoms with van der Waals surface area (Å²) in [5.74, 6) is -0.399. The minimum Gasteiger partial charge on any atom is -0.459 e. The van der Waals surface area contributed by atoms with Crippen molar-refractivity contribution in [1.29, 1.82) is 0 Å². The van der Waals surface area contributed by atoms with E-state index in [1.165, 1.54) is 5.57 Å². The van der Waals surface area contributed by atoms with Gasteiger partial charge in [-0.1, -0.05) is 11.6 Å². The topological polar surface area (TPSA) is 46.5 Å². The molecule has 76 valence electrons. The molecular weight excluding hydrogens is 180 g/mol. The van der Waals surface area contributed by atoms with E-state index in [0.29, 0.717) is 0 Å². The number of carbonyl (C=O) groups excluding carboxylic acids is 1. The summed E-state index contributed by atoms with van der Waals surface area (Å²) in [7, 11) is 0. The highest BCUT2D eigenvalue weighted by atomic mass is 16.6. The quantitative estimate of drug-likeness (QED) is 0.462. The first kappa shape index (κ1) is 8.48. The van der Waals surface area contributed by atoms with Gasteiger partial charge in [0.2, 0.25) is 0 Å². The first-order valence-electron chi connectivity index (χ1n) is 5.22. The first-order valence-corrected chi connectivity index (χ1v) is 5.22. The Kier molecular flexibility index (Phi) is 1.45. The number of rotatable bonds is 0. The maximum Gasteiger partial charge on any atom is 0.316 e. The van der Waals surface area contributed by atoms with Crippen LogP contribution in [0.3, 0.4) is 0 Å². The summed E-state index contributed by atoms with van der Waals surface area (Å²) in [5, 5.41) is 10.5. The van der Waals surface area contributed by atoms with Crippen molar-refractivity contribution >= 4 is 5.97 Å². The third-order valence-corrected chi connectivity index (χ3v) is 3.98. The third-order valence-electron chi connectivity index (χ3n) is 3.98. The molecule has 4 atom stereocenters. The number of carbonyl (C=O) groups is 1. The zero-order valence-electron chi connectivity index (χ0n) is 8.19. The van der Waals surface area contributed by atoms with Gasteiger partial charge in [0, 0.05) is 0 Å². The number of hydrogen-bond donors (Lipinski definition) is 1. The molecule has 0 spiro atoms. The highest BCUT2D eigenvalue weighted by molar-refractivity contribution is 5.80. The molecule has 0 radical (unpaired) electrons. The Hall–Kier alpha value is -0.830. The number of ether oxygens (including phenoxy) is 1. The van der Waals surface area contributed by atoms with Gasteiger partial charge in [0.05, 0.1) is 0 Å². The van der Waals surface area contributed by atoms with Crippen molar-refractivity contribution in [2.45, 2.75) is 37.9 Å². The normalized spacial score (nSPS) is 50.0. The van der Waals surface area contributed by atoms with Crippen LogP contribution in [0.2, 0.25) is 0 Å². The van der Waals surface area contributed by atoms with Crippen molar-refractivity contribution < 1.29 is 14.6 Å². The van der Waals surface area contributed by atoms with Crippen molar-refractivity contribution in [3.05, 3.63) is 11.6 Å². The predicted molar refractivity (Wildman–Crippen MR) is 49.4 cm³/mol. The van der Waals surface area contributed by atoms with E-state index in [0.717, 1.165) is 19.3 Å². The van der Waals surface area contributed by atoms with E-state index in [1.807, 2.05) is 13.0 Å². The Labute approximate surface area is 82.8 Å². The molecule has 1 aliphatic heterocycles. The number of esters is 1. The van der Waals surface area contributed by atoms with Gasteiger partial charge >= 0.3 is 5.97 Å². The van der Waals surface area contributed by atoms with Gasteiger partial charge in [0.15, 0.2) is 0 Å². The maximum absolute atomic E-state index is 11.5. The average Bonchev–Trinajstić information content (AvgIpc) is 2.55. The van der Waals surface area contributed by atoms with Crippen LogP contribution in [-0.4, -0.2) is 22.8 Å². The molecule has 2 fully saturated rings. The second-order valence-corrected chi connectivity index (χ2v) is 4.78. The zero-order chi connectivity index (χ0) is 9.92. The molecule has 1 saturated heterocycles. The van der Waals surface area contributed by atoms with Crippen LogP contribution in [0.4, 0.5) is 0 Å². The Bertz CT molecular complexity index is 333. The molecule has 2 aliphatic carbocycles. The van der Waals surface area contributed by atoms with Crippen molar-refractivity contribution in [3.63, 3.8) is 0 Å². The van der Waals surface area contributed by atoms with E-state index in [1.54, 1.807) is 0 Å². The predicted octanol–water partition coefficient (Wildman–Crippen LogP) is 1.02. The molecule has 1 saturated carbocycles. The zero-order valence-corrected chi connectivity index (χ0v) is 8.19. The van der Waals surface area contributed by atoms with Gasteiger partial charge in [0.25, 0.3) is 0 Å². The Morgan fingerprint density at radius 2 is 2.36 bits per heavy atom. The fraction of sp³-hybridized carbons (Fsp3) is 0.727. The SMILES string of the molecule is CC1=CC2C(=O)OC3CCC(C1)[C@@]32O. The van der Waals surface area contributed by atoms with Crippen LogP contribution in [0.1, 0.15) is 26.2 Å². The average molecular weight is 194 g/mol. The molecule has 0 aromatic rings. The molecule has 0 bridgehead atoms. The van der Waals surface area contributed by atoms with Crippen molar-refractivity contribution in [3.8, 4) is 0 Å². The molecule has 3 nitrogen and oxygen atoms in total. The van der Waals surface area contributed by atoms with E-state index in [9.17, 15) is 9.90 Å². The van der Waals surface area contributed by atoms with Gasteiger partial charge < -0.3 is 9.84 Å². The van der Waals surface area contributed by atoms with Gasteiger partial charge in [-0.25, -0.2) is 0 Å². The molecule has 0 amide bonds. The monoisotopic (exact) mass is 194 g/mol. The van der Waals surface area contributed by atoms with E-state index in [4.69, 9.17) is 4.74 Å². The van der Waals surface area contributed by atoms with Crippen LogP contribution in [0.5, 0.6) is 0 Å².